The molecule has 5 nitrogen and oxygen atoms in total. The number of hydrogen-bond donors (Lipinski definition) is 2. The molecule has 0 unspecified atom stereocenters. The Balaban J connectivity index is 2.05. The van der Waals surface area contributed by atoms with E-state index in [1.165, 1.54) is 0 Å². The third-order valence-electron chi connectivity index (χ3n) is 3.47. The molecule has 0 aliphatic heterocycles. The topological polar surface area (TPSA) is 59.6 Å². The summed E-state index contributed by atoms with van der Waals surface area (Å²) in [6.45, 7) is 6.94. The van der Waals surface area contributed by atoms with Crippen LogP contribution in [0.25, 0.3) is 0 Å². The predicted octanol–water partition coefficient (Wildman–Crippen LogP) is 4.50. The molecule has 0 saturated heterocycles. The number of ether oxygens (including phenoxy) is 2. The van der Waals surface area contributed by atoms with Gasteiger partial charge in [-0.15, -0.1) is 0 Å². The van der Waals surface area contributed by atoms with E-state index >= 15 is 0 Å². The summed E-state index contributed by atoms with van der Waals surface area (Å²) in [4.78, 5) is 12.3. The number of hydrogen-bond acceptors (Lipinski definition) is 4. The Morgan fingerprint density at radius 3 is 2.52 bits per heavy atom. The molecule has 0 aliphatic rings. The fourth-order valence-corrected chi connectivity index (χ4v) is 2.47. The Kier molecular flexibility index (Phi) is 6.95. The van der Waals surface area contributed by atoms with Crippen molar-refractivity contribution >= 4 is 28.9 Å². The average Bonchev–Trinajstić information content (AvgIpc) is 2.58. The number of rotatable bonds is 8. The third kappa shape index (κ3) is 5.57. The van der Waals surface area contributed by atoms with E-state index < -0.39 is 0 Å². The first kappa shape index (κ1) is 18.9. The number of nitrogens with one attached hydrogen (secondary N) is 2. The van der Waals surface area contributed by atoms with Crippen LogP contribution in [0.1, 0.15) is 19.4 Å². The van der Waals surface area contributed by atoms with E-state index in [1.807, 2.05) is 39.0 Å². The SMILES string of the molecule is CCOc1ccc(OCC)c(NC(=O)CNc2cc(Cl)ccc2C)c1. The summed E-state index contributed by atoms with van der Waals surface area (Å²) in [6, 6.07) is 10.9. The van der Waals surface area contributed by atoms with E-state index in [0.29, 0.717) is 35.4 Å². The molecule has 0 spiro atoms. The normalized spacial score (nSPS) is 10.2. The number of halogens is 1. The van der Waals surface area contributed by atoms with Crippen LogP contribution in [0.5, 0.6) is 11.5 Å². The van der Waals surface area contributed by atoms with E-state index in [-0.39, 0.29) is 12.5 Å². The van der Waals surface area contributed by atoms with Gasteiger partial charge in [-0.2, -0.15) is 0 Å². The summed E-state index contributed by atoms with van der Waals surface area (Å²) in [5, 5.41) is 6.58. The van der Waals surface area contributed by atoms with E-state index in [9.17, 15) is 4.79 Å². The average molecular weight is 363 g/mol. The van der Waals surface area contributed by atoms with Crippen molar-refractivity contribution in [2.75, 3.05) is 30.4 Å². The number of carbonyl (C=O) groups is 1. The Morgan fingerprint density at radius 2 is 1.80 bits per heavy atom. The van der Waals surface area contributed by atoms with Crippen LogP contribution in [0.15, 0.2) is 36.4 Å². The smallest absolute Gasteiger partial charge is 0.243 e. The summed E-state index contributed by atoms with van der Waals surface area (Å²) >= 11 is 5.99. The molecule has 6 heteroatoms. The number of benzene rings is 2. The van der Waals surface area contributed by atoms with E-state index in [4.69, 9.17) is 21.1 Å². The number of amides is 1. The van der Waals surface area contributed by atoms with Crippen LogP contribution in [0.3, 0.4) is 0 Å². The Labute approximate surface area is 153 Å². The Morgan fingerprint density at radius 1 is 1.04 bits per heavy atom. The van der Waals surface area contributed by atoms with Crippen LogP contribution in [-0.2, 0) is 4.79 Å². The summed E-state index contributed by atoms with van der Waals surface area (Å²) in [7, 11) is 0. The van der Waals surface area contributed by atoms with Gasteiger partial charge in [0.1, 0.15) is 11.5 Å². The van der Waals surface area contributed by atoms with Gasteiger partial charge >= 0.3 is 0 Å². The monoisotopic (exact) mass is 362 g/mol. The molecule has 0 fully saturated rings. The van der Waals surface area contributed by atoms with Gasteiger partial charge < -0.3 is 20.1 Å². The zero-order chi connectivity index (χ0) is 18.2. The molecular formula is C19H23ClN2O3. The molecule has 2 aromatic rings. The molecule has 0 aliphatic carbocycles. The fourth-order valence-electron chi connectivity index (χ4n) is 2.30. The minimum atomic E-state index is -0.186. The van der Waals surface area contributed by atoms with Crippen molar-refractivity contribution in [1.29, 1.82) is 0 Å². The molecular weight excluding hydrogens is 340 g/mol. The molecule has 2 aromatic carbocycles. The van der Waals surface area contributed by atoms with Gasteiger partial charge in [0.25, 0.3) is 0 Å². The zero-order valence-electron chi connectivity index (χ0n) is 14.7. The van der Waals surface area contributed by atoms with Gasteiger partial charge in [-0.25, -0.2) is 0 Å². The Hall–Kier alpha value is -2.40. The van der Waals surface area contributed by atoms with Crippen LogP contribution in [0, 0.1) is 6.92 Å². The van der Waals surface area contributed by atoms with Crippen LogP contribution in [0.4, 0.5) is 11.4 Å². The van der Waals surface area contributed by atoms with Crippen molar-refractivity contribution in [2.45, 2.75) is 20.8 Å². The second-order valence-electron chi connectivity index (χ2n) is 5.38. The maximum Gasteiger partial charge on any atom is 0.243 e. The van der Waals surface area contributed by atoms with E-state index in [2.05, 4.69) is 10.6 Å². The quantitative estimate of drug-likeness (QED) is 0.726. The number of aryl methyl sites for hydroxylation is 1. The first-order valence-corrected chi connectivity index (χ1v) is 8.60. The number of anilines is 2. The van der Waals surface area contributed by atoms with Gasteiger partial charge in [0.05, 0.1) is 25.4 Å². The molecule has 2 rings (SSSR count). The summed E-state index contributed by atoms with van der Waals surface area (Å²) in [6.07, 6.45) is 0. The molecule has 0 radical (unpaired) electrons. The highest BCUT2D eigenvalue weighted by molar-refractivity contribution is 6.30. The lowest BCUT2D eigenvalue weighted by atomic mass is 10.2. The molecule has 134 valence electrons. The highest BCUT2D eigenvalue weighted by atomic mass is 35.5. The summed E-state index contributed by atoms with van der Waals surface area (Å²) in [5.41, 5.74) is 2.43. The van der Waals surface area contributed by atoms with Crippen LogP contribution in [0.2, 0.25) is 5.02 Å². The maximum absolute atomic E-state index is 12.3. The first-order valence-electron chi connectivity index (χ1n) is 8.23. The zero-order valence-corrected chi connectivity index (χ0v) is 15.4. The lowest BCUT2D eigenvalue weighted by Gasteiger charge is -2.14. The van der Waals surface area contributed by atoms with Crippen molar-refractivity contribution in [3.8, 4) is 11.5 Å². The largest absolute Gasteiger partial charge is 0.494 e. The minimum absolute atomic E-state index is 0.117. The summed E-state index contributed by atoms with van der Waals surface area (Å²) < 4.78 is 11.0. The van der Waals surface area contributed by atoms with Crippen molar-refractivity contribution in [1.82, 2.24) is 0 Å². The molecule has 0 heterocycles. The third-order valence-corrected chi connectivity index (χ3v) is 3.71. The minimum Gasteiger partial charge on any atom is -0.494 e. The standard InChI is InChI=1S/C19H23ClN2O3/c1-4-24-15-8-9-18(25-5-2)17(11-15)22-19(23)12-21-16-10-14(20)7-6-13(16)3/h6-11,21H,4-5,12H2,1-3H3,(H,22,23). The lowest BCUT2D eigenvalue weighted by Crippen LogP contribution is -2.22. The second kappa shape index (κ2) is 9.18. The van der Waals surface area contributed by atoms with Gasteiger partial charge in [0, 0.05) is 16.8 Å². The fraction of sp³-hybridized carbons (Fsp3) is 0.316. The second-order valence-corrected chi connectivity index (χ2v) is 5.82. The van der Waals surface area contributed by atoms with Gasteiger partial charge in [-0.3, -0.25) is 4.79 Å². The molecule has 0 aromatic heterocycles. The van der Waals surface area contributed by atoms with E-state index in [0.717, 1.165) is 11.3 Å². The predicted molar refractivity (Wildman–Crippen MR) is 102 cm³/mol. The summed E-state index contributed by atoms with van der Waals surface area (Å²) in [5.74, 6) is 1.10. The van der Waals surface area contributed by atoms with E-state index in [1.54, 1.807) is 18.2 Å². The molecule has 0 bridgehead atoms. The highest BCUT2D eigenvalue weighted by Gasteiger charge is 2.10. The van der Waals surface area contributed by atoms with Crippen LogP contribution in [-0.4, -0.2) is 25.7 Å². The van der Waals surface area contributed by atoms with Crippen LogP contribution >= 0.6 is 11.6 Å². The Bertz CT molecular complexity index is 735. The van der Waals surface area contributed by atoms with Gasteiger partial charge in [0.2, 0.25) is 5.91 Å². The first-order chi connectivity index (χ1) is 12.0. The van der Waals surface area contributed by atoms with Crippen molar-refractivity contribution in [3.63, 3.8) is 0 Å². The van der Waals surface area contributed by atoms with Gasteiger partial charge in [0.15, 0.2) is 0 Å². The van der Waals surface area contributed by atoms with Crippen molar-refractivity contribution in [3.05, 3.63) is 47.0 Å². The molecule has 0 atom stereocenters. The van der Waals surface area contributed by atoms with Gasteiger partial charge in [-0.1, -0.05) is 17.7 Å². The van der Waals surface area contributed by atoms with Crippen LogP contribution < -0.4 is 20.1 Å². The van der Waals surface area contributed by atoms with Crippen molar-refractivity contribution in [2.24, 2.45) is 0 Å². The molecule has 2 N–H and O–H groups in total. The van der Waals surface area contributed by atoms with Gasteiger partial charge in [-0.05, 0) is 50.6 Å². The highest BCUT2D eigenvalue weighted by Crippen LogP contribution is 2.29. The maximum atomic E-state index is 12.3. The van der Waals surface area contributed by atoms with Crippen molar-refractivity contribution < 1.29 is 14.3 Å². The molecule has 1 amide bonds. The lowest BCUT2D eigenvalue weighted by molar-refractivity contribution is -0.114. The molecule has 0 saturated carbocycles. The number of carbonyl (C=O) groups excluding carboxylic acids is 1. The molecule has 25 heavy (non-hydrogen) atoms.